The van der Waals surface area contributed by atoms with Crippen LogP contribution in [0.25, 0.3) is 11.0 Å². The van der Waals surface area contributed by atoms with E-state index in [9.17, 15) is 4.79 Å². The van der Waals surface area contributed by atoms with Gasteiger partial charge >= 0.3 is 0 Å². The van der Waals surface area contributed by atoms with Crippen LogP contribution in [0.2, 0.25) is 0 Å². The van der Waals surface area contributed by atoms with Crippen molar-refractivity contribution in [1.82, 2.24) is 14.9 Å². The van der Waals surface area contributed by atoms with Crippen molar-refractivity contribution in [2.24, 2.45) is 0 Å². The molecular formula is C20H21N3O3. The molecule has 2 heterocycles. The van der Waals surface area contributed by atoms with Gasteiger partial charge in [0.1, 0.15) is 25.6 Å². The number of carbonyl (C=O) groups is 1. The Morgan fingerprint density at radius 1 is 1.19 bits per heavy atom. The Kier molecular flexibility index (Phi) is 4.24. The van der Waals surface area contributed by atoms with E-state index in [4.69, 9.17) is 9.47 Å². The van der Waals surface area contributed by atoms with E-state index in [0.29, 0.717) is 13.2 Å². The fraction of sp³-hybridized carbons (Fsp3) is 0.300. The van der Waals surface area contributed by atoms with E-state index < -0.39 is 0 Å². The molecule has 0 spiro atoms. The summed E-state index contributed by atoms with van der Waals surface area (Å²) in [6, 6.07) is 13.5. The molecule has 26 heavy (non-hydrogen) atoms. The molecule has 6 heteroatoms. The van der Waals surface area contributed by atoms with Crippen LogP contribution >= 0.6 is 0 Å². The van der Waals surface area contributed by atoms with Crippen molar-refractivity contribution in [3.05, 3.63) is 53.9 Å². The minimum atomic E-state index is -0.131. The summed E-state index contributed by atoms with van der Waals surface area (Å²) in [6.07, 6.45) is 0. The summed E-state index contributed by atoms with van der Waals surface area (Å²) in [5.74, 6) is 2.25. The first kappa shape index (κ1) is 16.4. The number of fused-ring (bicyclic) bond motifs is 2. The fourth-order valence-corrected chi connectivity index (χ4v) is 3.24. The van der Waals surface area contributed by atoms with E-state index in [-0.39, 0.29) is 18.5 Å². The lowest BCUT2D eigenvalue weighted by Gasteiger charge is -2.21. The van der Waals surface area contributed by atoms with Gasteiger partial charge in [0.05, 0.1) is 17.1 Å². The maximum atomic E-state index is 12.6. The number of para-hydroxylation sites is 2. The molecule has 0 saturated heterocycles. The van der Waals surface area contributed by atoms with Crippen molar-refractivity contribution in [2.45, 2.75) is 26.4 Å². The highest BCUT2D eigenvalue weighted by atomic mass is 16.6. The zero-order chi connectivity index (χ0) is 18.1. The molecule has 0 saturated carbocycles. The molecule has 0 fully saturated rings. The van der Waals surface area contributed by atoms with Crippen LogP contribution in [-0.2, 0) is 11.3 Å². The van der Waals surface area contributed by atoms with Crippen molar-refractivity contribution in [3.63, 3.8) is 0 Å². The number of aromatic nitrogens is 2. The molecule has 1 aromatic heterocycles. The number of ether oxygens (including phenoxy) is 2. The van der Waals surface area contributed by atoms with Gasteiger partial charge < -0.3 is 19.4 Å². The Labute approximate surface area is 151 Å². The molecule has 0 aliphatic carbocycles. The molecule has 4 rings (SSSR count). The van der Waals surface area contributed by atoms with Crippen molar-refractivity contribution in [1.29, 1.82) is 0 Å². The monoisotopic (exact) mass is 351 g/mol. The summed E-state index contributed by atoms with van der Waals surface area (Å²) in [5.41, 5.74) is 2.85. The van der Waals surface area contributed by atoms with Gasteiger partial charge in [-0.15, -0.1) is 0 Å². The molecule has 1 N–H and O–H groups in total. The van der Waals surface area contributed by atoms with Gasteiger partial charge in [-0.2, -0.15) is 0 Å². The number of imidazole rings is 1. The van der Waals surface area contributed by atoms with E-state index in [0.717, 1.165) is 33.9 Å². The number of hydrogen-bond acceptors (Lipinski definition) is 4. The number of aryl methyl sites for hydroxylation is 1. The number of rotatable bonds is 4. The maximum absolute atomic E-state index is 12.6. The lowest BCUT2D eigenvalue weighted by atomic mass is 10.1. The Morgan fingerprint density at radius 3 is 2.81 bits per heavy atom. The first-order chi connectivity index (χ1) is 12.6. The van der Waals surface area contributed by atoms with Crippen LogP contribution in [0.5, 0.6) is 11.5 Å². The molecule has 1 aliphatic heterocycles. The van der Waals surface area contributed by atoms with E-state index in [1.165, 1.54) is 0 Å². The SMILES string of the molecule is Cc1nc2ccccc2n1CC(=O)NC(C)c1ccc2c(c1)OCCO2. The summed E-state index contributed by atoms with van der Waals surface area (Å²) < 4.78 is 13.1. The fourth-order valence-electron chi connectivity index (χ4n) is 3.24. The molecule has 1 unspecified atom stereocenters. The summed E-state index contributed by atoms with van der Waals surface area (Å²) in [7, 11) is 0. The number of nitrogens with one attached hydrogen (secondary N) is 1. The number of nitrogens with zero attached hydrogens (tertiary/aromatic N) is 2. The van der Waals surface area contributed by atoms with Crippen molar-refractivity contribution < 1.29 is 14.3 Å². The van der Waals surface area contributed by atoms with E-state index in [1.54, 1.807) is 0 Å². The third-order valence-electron chi connectivity index (χ3n) is 4.59. The predicted molar refractivity (Wildman–Crippen MR) is 98.5 cm³/mol. The molecule has 1 atom stereocenters. The van der Waals surface area contributed by atoms with Crippen molar-refractivity contribution >= 4 is 16.9 Å². The lowest BCUT2D eigenvalue weighted by Crippen LogP contribution is -2.30. The molecule has 134 valence electrons. The Hall–Kier alpha value is -3.02. The lowest BCUT2D eigenvalue weighted by molar-refractivity contribution is -0.122. The number of hydrogen-bond donors (Lipinski definition) is 1. The Balaban J connectivity index is 1.48. The zero-order valence-electron chi connectivity index (χ0n) is 14.9. The first-order valence-corrected chi connectivity index (χ1v) is 8.72. The highest BCUT2D eigenvalue weighted by Crippen LogP contribution is 2.32. The average Bonchev–Trinajstić information content (AvgIpc) is 2.96. The van der Waals surface area contributed by atoms with Crippen LogP contribution in [0.1, 0.15) is 24.4 Å². The molecule has 6 nitrogen and oxygen atoms in total. The standard InChI is InChI=1S/C20H21N3O3/c1-13(15-7-8-18-19(11-15)26-10-9-25-18)21-20(24)12-23-14(2)22-16-5-3-4-6-17(16)23/h3-8,11,13H,9-10,12H2,1-2H3,(H,21,24). The van der Waals surface area contributed by atoms with Gasteiger partial charge in [-0.25, -0.2) is 4.98 Å². The first-order valence-electron chi connectivity index (χ1n) is 8.72. The summed E-state index contributed by atoms with van der Waals surface area (Å²) in [4.78, 5) is 17.1. The van der Waals surface area contributed by atoms with Crippen LogP contribution in [0.3, 0.4) is 0 Å². The van der Waals surface area contributed by atoms with Crippen LogP contribution < -0.4 is 14.8 Å². The maximum Gasteiger partial charge on any atom is 0.240 e. The normalized spacial score (nSPS) is 14.2. The van der Waals surface area contributed by atoms with Crippen LogP contribution in [-0.4, -0.2) is 28.7 Å². The van der Waals surface area contributed by atoms with Gasteiger partial charge in [0.2, 0.25) is 5.91 Å². The van der Waals surface area contributed by atoms with E-state index in [2.05, 4.69) is 10.3 Å². The molecule has 0 radical (unpaired) electrons. The number of carbonyl (C=O) groups excluding carboxylic acids is 1. The predicted octanol–water partition coefficient (Wildman–Crippen LogP) is 2.99. The summed E-state index contributed by atoms with van der Waals surface area (Å²) in [5, 5.41) is 3.05. The highest BCUT2D eigenvalue weighted by Gasteiger charge is 2.17. The molecule has 3 aromatic rings. The average molecular weight is 351 g/mol. The molecule has 2 aromatic carbocycles. The molecule has 0 bridgehead atoms. The number of amides is 1. The second-order valence-electron chi connectivity index (χ2n) is 6.43. The molecular weight excluding hydrogens is 330 g/mol. The molecule has 1 amide bonds. The third kappa shape index (κ3) is 3.10. The second-order valence-corrected chi connectivity index (χ2v) is 6.43. The minimum absolute atomic E-state index is 0.0568. The summed E-state index contributed by atoms with van der Waals surface area (Å²) in [6.45, 7) is 5.22. The van der Waals surface area contributed by atoms with Gasteiger partial charge in [0, 0.05) is 0 Å². The van der Waals surface area contributed by atoms with E-state index in [1.807, 2.05) is 60.9 Å². The largest absolute Gasteiger partial charge is 0.486 e. The Bertz CT molecular complexity index is 964. The van der Waals surface area contributed by atoms with Gasteiger partial charge in [-0.1, -0.05) is 18.2 Å². The smallest absolute Gasteiger partial charge is 0.240 e. The van der Waals surface area contributed by atoms with Crippen molar-refractivity contribution in [2.75, 3.05) is 13.2 Å². The van der Waals surface area contributed by atoms with Crippen molar-refractivity contribution in [3.8, 4) is 11.5 Å². The second kappa shape index (κ2) is 6.71. The van der Waals surface area contributed by atoms with Gasteiger partial charge in [0.25, 0.3) is 0 Å². The quantitative estimate of drug-likeness (QED) is 0.785. The molecule has 1 aliphatic rings. The topological polar surface area (TPSA) is 65.4 Å². The zero-order valence-corrected chi connectivity index (χ0v) is 14.9. The Morgan fingerprint density at radius 2 is 1.96 bits per heavy atom. The minimum Gasteiger partial charge on any atom is -0.486 e. The third-order valence-corrected chi connectivity index (χ3v) is 4.59. The van der Waals surface area contributed by atoms with Gasteiger partial charge in [-0.05, 0) is 43.7 Å². The van der Waals surface area contributed by atoms with Gasteiger partial charge in [0.15, 0.2) is 11.5 Å². The highest BCUT2D eigenvalue weighted by molar-refractivity contribution is 5.81. The number of benzene rings is 2. The van der Waals surface area contributed by atoms with Crippen LogP contribution in [0.15, 0.2) is 42.5 Å². The summed E-state index contributed by atoms with van der Waals surface area (Å²) >= 11 is 0. The van der Waals surface area contributed by atoms with Crippen LogP contribution in [0.4, 0.5) is 0 Å². The van der Waals surface area contributed by atoms with E-state index >= 15 is 0 Å². The van der Waals surface area contributed by atoms with Crippen LogP contribution in [0, 0.1) is 6.92 Å². The van der Waals surface area contributed by atoms with Gasteiger partial charge in [-0.3, -0.25) is 4.79 Å².